The predicted molar refractivity (Wildman–Crippen MR) is 79.6 cm³/mol. The first kappa shape index (κ1) is 12.7. The molecule has 2 N–H and O–H groups in total. The van der Waals surface area contributed by atoms with Gasteiger partial charge in [-0.15, -0.1) is 0 Å². The molecule has 4 nitrogen and oxygen atoms in total. The number of imidazole rings is 1. The molecule has 0 aliphatic heterocycles. The Morgan fingerprint density at radius 2 is 2.30 bits per heavy atom. The van der Waals surface area contributed by atoms with Gasteiger partial charge in [-0.1, -0.05) is 24.3 Å². The molecule has 102 valence electrons. The summed E-state index contributed by atoms with van der Waals surface area (Å²) < 4.78 is 0. The number of carbonyl (C=O) groups excluding carboxylic acids is 1. The maximum absolute atomic E-state index is 12.4. The normalized spacial score (nSPS) is 15.4. The Bertz CT molecular complexity index is 724. The Kier molecular flexibility index (Phi) is 3.14. The molecule has 3 rings (SSSR count). The minimum absolute atomic E-state index is 0.0350. The summed E-state index contributed by atoms with van der Waals surface area (Å²) in [5.74, 6) is 0.735. The Balaban J connectivity index is 1.85. The number of aryl methyl sites for hydroxylation is 1. The molecule has 20 heavy (non-hydrogen) atoms. The van der Waals surface area contributed by atoms with Gasteiger partial charge in [0.15, 0.2) is 0 Å². The number of rotatable bonds is 3. The van der Waals surface area contributed by atoms with E-state index in [1.807, 2.05) is 38.1 Å². The van der Waals surface area contributed by atoms with E-state index in [0.717, 1.165) is 23.3 Å². The molecule has 1 amide bonds. The Morgan fingerprint density at radius 3 is 3.05 bits per heavy atom. The maximum Gasteiger partial charge on any atom is 0.254 e. The van der Waals surface area contributed by atoms with Crippen LogP contribution in [0.25, 0.3) is 11.0 Å². The lowest BCUT2D eigenvalue weighted by atomic mass is 10.1. The second kappa shape index (κ2) is 4.96. The fraction of sp³-hybridized carbons (Fsp3) is 0.250. The van der Waals surface area contributed by atoms with Gasteiger partial charge in [0.1, 0.15) is 11.3 Å². The van der Waals surface area contributed by atoms with Gasteiger partial charge in [0, 0.05) is 6.04 Å². The number of hydrogen-bond acceptors (Lipinski definition) is 2. The fourth-order valence-electron chi connectivity index (χ4n) is 2.49. The van der Waals surface area contributed by atoms with E-state index >= 15 is 0 Å². The predicted octanol–water partition coefficient (Wildman–Crippen LogP) is 2.88. The van der Waals surface area contributed by atoms with Crippen molar-refractivity contribution in [3.63, 3.8) is 0 Å². The third-order valence-electron chi connectivity index (χ3n) is 3.58. The van der Waals surface area contributed by atoms with Crippen molar-refractivity contribution >= 4 is 16.9 Å². The SMILES string of the molecule is Cc1nc2c(C(=O)NC(C)C3=CC=CC3)cccc2[nH]1. The van der Waals surface area contributed by atoms with Gasteiger partial charge in [-0.3, -0.25) is 4.79 Å². The second-order valence-corrected chi connectivity index (χ2v) is 5.09. The van der Waals surface area contributed by atoms with Crippen LogP contribution in [0, 0.1) is 6.92 Å². The van der Waals surface area contributed by atoms with Gasteiger partial charge in [0.25, 0.3) is 5.91 Å². The molecule has 1 unspecified atom stereocenters. The average Bonchev–Trinajstić information content (AvgIpc) is 3.05. The summed E-state index contributed by atoms with van der Waals surface area (Å²) >= 11 is 0. The summed E-state index contributed by atoms with van der Waals surface area (Å²) in [6.07, 6.45) is 7.09. The van der Waals surface area contributed by atoms with Crippen LogP contribution >= 0.6 is 0 Å². The molecule has 0 fully saturated rings. The van der Waals surface area contributed by atoms with Crippen molar-refractivity contribution in [2.75, 3.05) is 0 Å². The molecule has 0 spiro atoms. The number of amides is 1. The molecule has 4 heteroatoms. The van der Waals surface area contributed by atoms with Crippen LogP contribution in [0.3, 0.4) is 0 Å². The van der Waals surface area contributed by atoms with Crippen LogP contribution < -0.4 is 5.32 Å². The maximum atomic E-state index is 12.4. The van der Waals surface area contributed by atoms with Crippen LogP contribution in [-0.4, -0.2) is 21.9 Å². The van der Waals surface area contributed by atoms with Gasteiger partial charge < -0.3 is 10.3 Å². The number of fused-ring (bicyclic) bond motifs is 1. The van der Waals surface area contributed by atoms with Crippen molar-refractivity contribution in [3.8, 4) is 0 Å². The number of hydrogen-bond donors (Lipinski definition) is 2. The summed E-state index contributed by atoms with van der Waals surface area (Å²) in [5.41, 5.74) is 3.46. The van der Waals surface area contributed by atoms with E-state index in [0.29, 0.717) is 5.56 Å². The Labute approximate surface area is 117 Å². The summed E-state index contributed by atoms with van der Waals surface area (Å²) in [7, 11) is 0. The van der Waals surface area contributed by atoms with Crippen LogP contribution in [-0.2, 0) is 0 Å². The summed E-state index contributed by atoms with van der Waals surface area (Å²) in [6, 6.07) is 5.65. The lowest BCUT2D eigenvalue weighted by Crippen LogP contribution is -2.33. The highest BCUT2D eigenvalue weighted by molar-refractivity contribution is 6.05. The number of nitrogens with one attached hydrogen (secondary N) is 2. The molecule has 1 atom stereocenters. The van der Waals surface area contributed by atoms with Crippen molar-refractivity contribution < 1.29 is 4.79 Å². The highest BCUT2D eigenvalue weighted by Crippen LogP contribution is 2.18. The summed E-state index contributed by atoms with van der Waals surface area (Å²) in [4.78, 5) is 20.0. The fourth-order valence-corrected chi connectivity index (χ4v) is 2.49. The smallest absolute Gasteiger partial charge is 0.254 e. The number of benzene rings is 1. The van der Waals surface area contributed by atoms with E-state index in [4.69, 9.17) is 0 Å². The van der Waals surface area contributed by atoms with Crippen LogP contribution in [0.5, 0.6) is 0 Å². The molecule has 1 heterocycles. The Hall–Kier alpha value is -2.36. The first-order chi connectivity index (χ1) is 9.65. The third-order valence-corrected chi connectivity index (χ3v) is 3.58. The van der Waals surface area contributed by atoms with Gasteiger partial charge in [0.05, 0.1) is 11.1 Å². The van der Waals surface area contributed by atoms with Gasteiger partial charge in [-0.25, -0.2) is 4.98 Å². The third kappa shape index (κ3) is 2.25. The number of aromatic nitrogens is 2. The topological polar surface area (TPSA) is 57.8 Å². The molecular formula is C16H17N3O. The molecule has 1 aliphatic carbocycles. The lowest BCUT2D eigenvalue weighted by molar-refractivity contribution is 0.0946. The van der Waals surface area contributed by atoms with Crippen molar-refractivity contribution in [1.82, 2.24) is 15.3 Å². The van der Waals surface area contributed by atoms with Crippen LogP contribution in [0.1, 0.15) is 29.5 Å². The van der Waals surface area contributed by atoms with Crippen molar-refractivity contribution in [3.05, 3.63) is 53.4 Å². The molecule has 1 aromatic heterocycles. The lowest BCUT2D eigenvalue weighted by Gasteiger charge is -2.15. The zero-order valence-electron chi connectivity index (χ0n) is 11.6. The van der Waals surface area contributed by atoms with E-state index in [2.05, 4.69) is 27.4 Å². The molecule has 0 saturated heterocycles. The summed E-state index contributed by atoms with van der Waals surface area (Å²) in [5, 5.41) is 3.04. The van der Waals surface area contributed by atoms with Gasteiger partial charge in [-0.05, 0) is 38.0 Å². The van der Waals surface area contributed by atoms with Crippen LogP contribution in [0.2, 0.25) is 0 Å². The van der Waals surface area contributed by atoms with E-state index < -0.39 is 0 Å². The van der Waals surface area contributed by atoms with Crippen LogP contribution in [0.4, 0.5) is 0 Å². The molecule has 1 aliphatic rings. The number of allylic oxidation sites excluding steroid dienone is 3. The summed E-state index contributed by atoms with van der Waals surface area (Å²) in [6.45, 7) is 3.89. The van der Waals surface area contributed by atoms with Crippen molar-refractivity contribution in [2.45, 2.75) is 26.3 Å². The monoisotopic (exact) mass is 267 g/mol. The van der Waals surface area contributed by atoms with Crippen molar-refractivity contribution in [2.24, 2.45) is 0 Å². The molecule has 0 saturated carbocycles. The minimum Gasteiger partial charge on any atom is -0.346 e. The zero-order valence-corrected chi connectivity index (χ0v) is 11.6. The van der Waals surface area contributed by atoms with E-state index in [9.17, 15) is 4.79 Å². The standard InChI is InChI=1S/C16H17N3O/c1-10(12-6-3-4-7-12)17-16(20)13-8-5-9-14-15(13)19-11(2)18-14/h3-6,8-10H,7H2,1-2H3,(H,17,20)(H,18,19). The number of H-pyrrole nitrogens is 1. The molecule has 1 aromatic carbocycles. The van der Waals surface area contributed by atoms with E-state index in [1.165, 1.54) is 5.57 Å². The number of aromatic amines is 1. The van der Waals surface area contributed by atoms with Gasteiger partial charge in [0.2, 0.25) is 0 Å². The molecule has 0 bridgehead atoms. The molecule has 0 radical (unpaired) electrons. The highest BCUT2D eigenvalue weighted by atomic mass is 16.1. The number of carbonyl (C=O) groups is 1. The molecular weight excluding hydrogens is 250 g/mol. The van der Waals surface area contributed by atoms with Gasteiger partial charge in [-0.2, -0.15) is 0 Å². The first-order valence-electron chi connectivity index (χ1n) is 6.77. The van der Waals surface area contributed by atoms with E-state index in [-0.39, 0.29) is 11.9 Å². The number of para-hydroxylation sites is 1. The quantitative estimate of drug-likeness (QED) is 0.898. The van der Waals surface area contributed by atoms with Gasteiger partial charge >= 0.3 is 0 Å². The van der Waals surface area contributed by atoms with E-state index in [1.54, 1.807) is 0 Å². The highest BCUT2D eigenvalue weighted by Gasteiger charge is 2.17. The van der Waals surface area contributed by atoms with Crippen LogP contribution in [0.15, 0.2) is 42.0 Å². The van der Waals surface area contributed by atoms with Crippen molar-refractivity contribution in [1.29, 1.82) is 0 Å². The second-order valence-electron chi connectivity index (χ2n) is 5.09. The largest absolute Gasteiger partial charge is 0.346 e. The first-order valence-corrected chi connectivity index (χ1v) is 6.77. The molecule has 2 aromatic rings. The zero-order chi connectivity index (χ0) is 14.1. The average molecular weight is 267 g/mol. The Morgan fingerprint density at radius 1 is 1.45 bits per heavy atom. The number of nitrogens with zero attached hydrogens (tertiary/aromatic N) is 1. The minimum atomic E-state index is -0.0811.